The number of carbonyl (C=O) groups is 1. The van der Waals surface area contributed by atoms with Crippen LogP contribution in [0.2, 0.25) is 0 Å². The van der Waals surface area contributed by atoms with Gasteiger partial charge in [-0.25, -0.2) is 4.98 Å². The van der Waals surface area contributed by atoms with Crippen LogP contribution >= 0.6 is 0 Å². The van der Waals surface area contributed by atoms with Gasteiger partial charge in [0.25, 0.3) is 11.6 Å². The van der Waals surface area contributed by atoms with Crippen LogP contribution in [0.3, 0.4) is 0 Å². The summed E-state index contributed by atoms with van der Waals surface area (Å²) in [4.78, 5) is 19.5. The van der Waals surface area contributed by atoms with E-state index in [1.165, 1.54) is 6.20 Å². The zero-order chi connectivity index (χ0) is 22.5. The first kappa shape index (κ1) is 21.8. The summed E-state index contributed by atoms with van der Waals surface area (Å²) in [6.45, 7) is 7.51. The van der Waals surface area contributed by atoms with Gasteiger partial charge >= 0.3 is 0 Å². The topological polar surface area (TPSA) is 86.9 Å². The average molecular weight is 437 g/mol. The lowest BCUT2D eigenvalue weighted by molar-refractivity contribution is 0.0507. The molecule has 3 heterocycles. The smallest absolute Gasteiger partial charge is 0.257 e. The molecule has 8 nitrogen and oxygen atoms in total. The molecule has 168 valence electrons. The molecule has 8 heteroatoms. The highest BCUT2D eigenvalue weighted by Gasteiger charge is 2.25. The van der Waals surface area contributed by atoms with Gasteiger partial charge in [0, 0.05) is 25.9 Å². The van der Waals surface area contributed by atoms with Gasteiger partial charge in [-0.3, -0.25) is 4.79 Å². The Morgan fingerprint density at radius 2 is 2.22 bits per heavy atom. The number of nitrogens with zero attached hydrogens (tertiary/aromatic N) is 3. The third-order valence-electron chi connectivity index (χ3n) is 5.45. The summed E-state index contributed by atoms with van der Waals surface area (Å²) in [5.74, 6) is 1.12. The number of hydrogen-bond acceptors (Lipinski definition) is 7. The molecule has 1 amide bonds. The molecule has 1 saturated heterocycles. The molecule has 4 rings (SSSR count). The highest BCUT2D eigenvalue weighted by Crippen LogP contribution is 2.29. The first-order valence-corrected chi connectivity index (χ1v) is 10.6. The van der Waals surface area contributed by atoms with E-state index in [0.29, 0.717) is 48.2 Å². The minimum absolute atomic E-state index is 0.0186. The highest BCUT2D eigenvalue weighted by molar-refractivity contribution is 5.97. The molecule has 1 unspecified atom stereocenters. The van der Waals surface area contributed by atoms with Gasteiger partial charge in [0.2, 0.25) is 0 Å². The minimum atomic E-state index is -0.124. The second-order valence-electron chi connectivity index (χ2n) is 7.75. The fraction of sp³-hybridized carbons (Fsp3) is 0.375. The van der Waals surface area contributed by atoms with E-state index in [-0.39, 0.29) is 12.0 Å². The van der Waals surface area contributed by atoms with Gasteiger partial charge < -0.3 is 23.6 Å². The van der Waals surface area contributed by atoms with Crippen LogP contribution in [-0.2, 0) is 11.3 Å². The maximum Gasteiger partial charge on any atom is 0.257 e. The largest absolute Gasteiger partial charge is 0.493 e. The number of pyridine rings is 1. The van der Waals surface area contributed by atoms with Crippen molar-refractivity contribution in [2.75, 3.05) is 26.9 Å². The van der Waals surface area contributed by atoms with Crippen LogP contribution in [0.1, 0.15) is 34.5 Å². The van der Waals surface area contributed by atoms with Crippen LogP contribution in [0.15, 0.2) is 47.6 Å². The highest BCUT2D eigenvalue weighted by atomic mass is 16.5. The second-order valence-corrected chi connectivity index (χ2v) is 7.75. The van der Waals surface area contributed by atoms with Crippen LogP contribution in [0, 0.1) is 6.92 Å². The van der Waals surface area contributed by atoms with Crippen LogP contribution < -0.4 is 9.47 Å². The van der Waals surface area contributed by atoms with Crippen LogP contribution in [0.4, 0.5) is 0 Å². The lowest BCUT2D eigenvalue weighted by Gasteiger charge is -2.26. The number of hydrogen-bond donors (Lipinski definition) is 0. The maximum atomic E-state index is 13.5. The fourth-order valence-corrected chi connectivity index (χ4v) is 3.80. The Labute approximate surface area is 186 Å². The zero-order valence-corrected chi connectivity index (χ0v) is 18.4. The first-order chi connectivity index (χ1) is 15.6. The third-order valence-corrected chi connectivity index (χ3v) is 5.45. The number of fused-ring (bicyclic) bond motifs is 1. The molecule has 0 spiro atoms. The van der Waals surface area contributed by atoms with Gasteiger partial charge in [-0.15, -0.1) is 0 Å². The average Bonchev–Trinajstić information content (AvgIpc) is 3.46. The molecule has 1 fully saturated rings. The van der Waals surface area contributed by atoms with Gasteiger partial charge in [-0.1, -0.05) is 23.9 Å². The zero-order valence-electron chi connectivity index (χ0n) is 18.4. The standard InChI is InChI=1S/C24H27N3O5/c1-4-9-31-21-8-7-17(11-22(21)29-3)14-27(15-19-6-5-10-30-19)24(28)18-12-20-16(2)26-32-23(20)25-13-18/h4,7-8,11-13,19H,1,5-6,9-10,14-15H2,2-3H3. The van der Waals surface area contributed by atoms with Gasteiger partial charge in [0.1, 0.15) is 6.61 Å². The van der Waals surface area contributed by atoms with Crippen molar-refractivity contribution in [1.29, 1.82) is 0 Å². The number of benzene rings is 1. The summed E-state index contributed by atoms with van der Waals surface area (Å²) >= 11 is 0. The number of amides is 1. The lowest BCUT2D eigenvalue weighted by atomic mass is 10.1. The number of aryl methyl sites for hydroxylation is 1. The molecule has 2 aromatic heterocycles. The van der Waals surface area contributed by atoms with E-state index in [4.69, 9.17) is 18.7 Å². The Morgan fingerprint density at radius 3 is 2.97 bits per heavy atom. The molecular weight excluding hydrogens is 410 g/mol. The Kier molecular flexibility index (Phi) is 6.70. The van der Waals surface area contributed by atoms with Gasteiger partial charge in [-0.2, -0.15) is 0 Å². The van der Waals surface area contributed by atoms with E-state index in [9.17, 15) is 4.79 Å². The molecule has 32 heavy (non-hydrogen) atoms. The van der Waals surface area contributed by atoms with E-state index in [1.54, 1.807) is 24.2 Å². The Morgan fingerprint density at radius 1 is 1.34 bits per heavy atom. The van der Waals surface area contributed by atoms with Crippen molar-refractivity contribution in [3.8, 4) is 11.5 Å². The number of aromatic nitrogens is 2. The SMILES string of the molecule is C=CCOc1ccc(CN(CC2CCCO2)C(=O)c2cnc3onc(C)c3c2)cc1OC. The van der Waals surface area contributed by atoms with Crippen molar-refractivity contribution in [2.24, 2.45) is 0 Å². The lowest BCUT2D eigenvalue weighted by Crippen LogP contribution is -2.37. The number of rotatable bonds is 9. The molecule has 1 aliphatic heterocycles. The Bertz CT molecular complexity index is 1100. The second kappa shape index (κ2) is 9.82. The monoisotopic (exact) mass is 437 g/mol. The number of ether oxygens (including phenoxy) is 3. The summed E-state index contributed by atoms with van der Waals surface area (Å²) in [5, 5.41) is 4.66. The quantitative estimate of drug-likeness (QED) is 0.469. The number of methoxy groups -OCH3 is 1. The predicted octanol–water partition coefficient (Wildman–Crippen LogP) is 3.93. The molecule has 1 aromatic carbocycles. The molecule has 1 atom stereocenters. The predicted molar refractivity (Wildman–Crippen MR) is 119 cm³/mol. The molecule has 0 aliphatic carbocycles. The van der Waals surface area contributed by atoms with Crippen molar-refractivity contribution < 1.29 is 23.5 Å². The van der Waals surface area contributed by atoms with Crippen molar-refractivity contribution in [3.05, 3.63) is 59.9 Å². The molecule has 0 radical (unpaired) electrons. The number of carbonyl (C=O) groups excluding carboxylic acids is 1. The summed E-state index contributed by atoms with van der Waals surface area (Å²) in [7, 11) is 1.59. The molecule has 0 N–H and O–H groups in total. The van der Waals surface area contributed by atoms with Gasteiger partial charge in [0.15, 0.2) is 11.5 Å². The molecule has 0 bridgehead atoms. The molecule has 3 aromatic rings. The van der Waals surface area contributed by atoms with Gasteiger partial charge in [-0.05, 0) is 43.5 Å². The van der Waals surface area contributed by atoms with Crippen LogP contribution in [0.5, 0.6) is 11.5 Å². The summed E-state index contributed by atoms with van der Waals surface area (Å²) in [6.07, 6.45) is 5.17. The van der Waals surface area contributed by atoms with Crippen molar-refractivity contribution in [1.82, 2.24) is 15.0 Å². The molecule has 1 aliphatic rings. The van der Waals surface area contributed by atoms with Crippen LogP contribution in [0.25, 0.3) is 11.1 Å². The first-order valence-electron chi connectivity index (χ1n) is 10.6. The van der Waals surface area contributed by atoms with E-state index in [1.807, 2.05) is 25.1 Å². The minimum Gasteiger partial charge on any atom is -0.493 e. The summed E-state index contributed by atoms with van der Waals surface area (Å²) < 4.78 is 22.1. The maximum absolute atomic E-state index is 13.5. The van der Waals surface area contributed by atoms with Crippen molar-refractivity contribution >= 4 is 17.0 Å². The molecular formula is C24H27N3O5. The van der Waals surface area contributed by atoms with Gasteiger partial charge in [0.05, 0.1) is 29.9 Å². The van der Waals surface area contributed by atoms with Crippen LogP contribution in [-0.4, -0.2) is 53.9 Å². The van der Waals surface area contributed by atoms with E-state index in [2.05, 4.69) is 16.7 Å². The molecule has 0 saturated carbocycles. The Hall–Kier alpha value is -3.39. The van der Waals surface area contributed by atoms with E-state index < -0.39 is 0 Å². The van der Waals surface area contributed by atoms with Crippen molar-refractivity contribution in [3.63, 3.8) is 0 Å². The summed E-state index contributed by atoms with van der Waals surface area (Å²) in [6, 6.07) is 7.45. The van der Waals surface area contributed by atoms with E-state index >= 15 is 0 Å². The Balaban J connectivity index is 1.60. The third kappa shape index (κ3) is 4.75. The summed E-state index contributed by atoms with van der Waals surface area (Å²) in [5.41, 5.74) is 2.53. The normalized spacial score (nSPS) is 15.6. The van der Waals surface area contributed by atoms with E-state index in [0.717, 1.165) is 30.4 Å². The van der Waals surface area contributed by atoms with Crippen molar-refractivity contribution in [2.45, 2.75) is 32.4 Å². The fourth-order valence-electron chi connectivity index (χ4n) is 3.80.